The van der Waals surface area contributed by atoms with Crippen molar-refractivity contribution in [2.75, 3.05) is 0 Å². The van der Waals surface area contributed by atoms with Crippen molar-refractivity contribution >= 4 is 12.4 Å². The van der Waals surface area contributed by atoms with Gasteiger partial charge in [-0.25, -0.2) is 0 Å². The van der Waals surface area contributed by atoms with Gasteiger partial charge in [0.25, 0.3) is 0 Å². The molecule has 0 nitrogen and oxygen atoms in total. The third-order valence-corrected chi connectivity index (χ3v) is 0. The number of hydrogen-bond acceptors (Lipinski definition) is 0. The maximum absolute atomic E-state index is 0. The van der Waals surface area contributed by atoms with Crippen LogP contribution in [0.2, 0.25) is 0 Å². The van der Waals surface area contributed by atoms with Gasteiger partial charge in [-0.2, -0.15) is 0 Å². The lowest BCUT2D eigenvalue weighted by molar-refractivity contribution is -0.000000969. The molecule has 0 bridgehead atoms. The van der Waals surface area contributed by atoms with E-state index in [9.17, 15) is 0 Å². The summed E-state index contributed by atoms with van der Waals surface area (Å²) < 4.78 is 0. The third kappa shape index (κ3) is 19.1. The van der Waals surface area contributed by atoms with Gasteiger partial charge in [0, 0.05) is 0 Å². The van der Waals surface area contributed by atoms with E-state index >= 15 is 0 Å². The molecule has 4 heavy (non-hydrogen) atoms. The minimum Gasteiger partial charge on any atom is -1.00 e. The molecule has 0 N–H and O–H groups in total. The van der Waals surface area contributed by atoms with E-state index in [1.807, 2.05) is 0 Å². The molecular weight excluding hydrogens is 94.9 g/mol. The van der Waals surface area contributed by atoms with Gasteiger partial charge < -0.3 is 12.4 Å². The van der Waals surface area contributed by atoms with Gasteiger partial charge in [-0.05, 0) is 0 Å². The van der Waals surface area contributed by atoms with Crippen molar-refractivity contribution < 1.29 is 12.4 Å². The van der Waals surface area contributed by atoms with Crippen molar-refractivity contribution in [3.05, 3.63) is 0 Å². The molecule has 0 saturated heterocycles. The van der Waals surface area contributed by atoms with Crippen LogP contribution in [0.3, 0.4) is 0 Å². The Morgan fingerprint density at radius 3 is 0.750 bits per heavy atom. The number of hydrogen-bond donors (Lipinski definition) is 0. The van der Waals surface area contributed by atoms with Crippen LogP contribution < -0.4 is 12.4 Å². The average Bonchev–Trinajstić information content (AvgIpc) is 0. The lowest BCUT2D eigenvalue weighted by atomic mass is 12.0. The molecule has 0 aromatic carbocycles. The SMILES string of the molecule is C.C.Cl.[Cl-]. The lowest BCUT2D eigenvalue weighted by Crippen LogP contribution is -3.00. The highest BCUT2D eigenvalue weighted by Crippen LogP contribution is 0.690. The Balaban J connectivity index is 0. The van der Waals surface area contributed by atoms with E-state index < -0.39 is 0 Å². The van der Waals surface area contributed by atoms with Crippen LogP contribution >= 0.6 is 12.4 Å². The van der Waals surface area contributed by atoms with Gasteiger partial charge in [0.05, 0.1) is 0 Å². The van der Waals surface area contributed by atoms with Crippen molar-refractivity contribution in [3.63, 3.8) is 0 Å². The zero-order chi connectivity index (χ0) is 0. The molecule has 0 aromatic rings. The van der Waals surface area contributed by atoms with Crippen LogP contribution in [0.15, 0.2) is 0 Å². The van der Waals surface area contributed by atoms with Crippen LogP contribution in [0.5, 0.6) is 0 Å². The summed E-state index contributed by atoms with van der Waals surface area (Å²) in [6.45, 7) is 0. The summed E-state index contributed by atoms with van der Waals surface area (Å²) >= 11 is 0. The third-order valence-electron chi connectivity index (χ3n) is 0. The van der Waals surface area contributed by atoms with E-state index in [1.54, 1.807) is 0 Å². The molecule has 2 heteroatoms. The first kappa shape index (κ1) is 174. The Morgan fingerprint density at radius 1 is 0.750 bits per heavy atom. The molecule has 0 radical (unpaired) electrons. The molecule has 0 aliphatic heterocycles. The zero-order valence-electron chi connectivity index (χ0n) is 0.786. The van der Waals surface area contributed by atoms with E-state index in [-0.39, 0.29) is 39.7 Å². The van der Waals surface area contributed by atoms with Crippen molar-refractivity contribution in [2.45, 2.75) is 14.9 Å². The van der Waals surface area contributed by atoms with Crippen molar-refractivity contribution in [3.8, 4) is 0 Å². The monoisotopic (exact) mass is 103 g/mol. The topological polar surface area (TPSA) is 0 Å². The average molecular weight is 104 g/mol. The van der Waals surface area contributed by atoms with Gasteiger partial charge in [0.1, 0.15) is 0 Å². The summed E-state index contributed by atoms with van der Waals surface area (Å²) in [5.74, 6) is 0. The summed E-state index contributed by atoms with van der Waals surface area (Å²) in [5.41, 5.74) is 0. The fourth-order valence-corrected chi connectivity index (χ4v) is 0. The predicted octanol–water partition coefficient (Wildman–Crippen LogP) is -1.30. The molecule has 32 valence electrons. The van der Waals surface area contributed by atoms with Crippen LogP contribution in [0.1, 0.15) is 14.9 Å². The fraction of sp³-hybridized carbons (Fsp3) is 1.00. The first-order chi connectivity index (χ1) is 0. The van der Waals surface area contributed by atoms with Crippen LogP contribution in [0.4, 0.5) is 0 Å². The molecule has 0 aliphatic rings. The summed E-state index contributed by atoms with van der Waals surface area (Å²) in [5, 5.41) is 0. The molecule has 0 atom stereocenters. The smallest absolute Gasteiger partial charge is 0.0776 e. The van der Waals surface area contributed by atoms with E-state index in [2.05, 4.69) is 0 Å². The van der Waals surface area contributed by atoms with Crippen LogP contribution in [0, 0.1) is 0 Å². The van der Waals surface area contributed by atoms with Gasteiger partial charge in [0.15, 0.2) is 0 Å². The Bertz CT molecular complexity index is 4.00. The van der Waals surface area contributed by atoms with E-state index in [0.29, 0.717) is 0 Å². The summed E-state index contributed by atoms with van der Waals surface area (Å²) in [6, 6.07) is 0. The first-order valence-corrected chi connectivity index (χ1v) is 0. The molecule has 0 heterocycles. The minimum absolute atomic E-state index is 0. The van der Waals surface area contributed by atoms with Crippen molar-refractivity contribution in [2.24, 2.45) is 0 Å². The predicted molar refractivity (Wildman–Crippen MR) is 20.7 cm³/mol. The molecule has 0 aliphatic carbocycles. The second-order valence-corrected chi connectivity index (χ2v) is 0. The molecular formula is C2H9Cl2-. The molecule has 0 unspecified atom stereocenters. The quantitative estimate of drug-likeness (QED) is 0.358. The Hall–Kier alpha value is 0.580. The largest absolute Gasteiger partial charge is 1.00 e. The summed E-state index contributed by atoms with van der Waals surface area (Å²) in [4.78, 5) is 0. The highest BCUT2D eigenvalue weighted by atomic mass is 35.5. The Morgan fingerprint density at radius 2 is 0.750 bits per heavy atom. The summed E-state index contributed by atoms with van der Waals surface area (Å²) in [7, 11) is 0. The molecule has 0 amide bonds. The van der Waals surface area contributed by atoms with Crippen molar-refractivity contribution in [1.82, 2.24) is 0 Å². The van der Waals surface area contributed by atoms with Gasteiger partial charge in [0.2, 0.25) is 0 Å². The molecule has 0 aromatic heterocycles. The Kier molecular flexibility index (Phi) is 3090. The normalized spacial score (nSPS) is 0. The molecule has 0 spiro atoms. The van der Waals surface area contributed by atoms with Gasteiger partial charge >= 0.3 is 0 Å². The first-order valence-electron chi connectivity index (χ1n) is 0. The number of halogens is 2. The zero-order valence-corrected chi connectivity index (χ0v) is 2.36. The van der Waals surface area contributed by atoms with E-state index in [4.69, 9.17) is 0 Å². The van der Waals surface area contributed by atoms with Gasteiger partial charge in [-0.1, -0.05) is 14.9 Å². The van der Waals surface area contributed by atoms with Gasteiger partial charge in [-0.3, -0.25) is 0 Å². The second kappa shape index (κ2) is 70.8. The van der Waals surface area contributed by atoms with Crippen molar-refractivity contribution in [1.29, 1.82) is 0 Å². The number of rotatable bonds is 0. The fourth-order valence-electron chi connectivity index (χ4n) is 0. The molecule has 0 fully saturated rings. The second-order valence-electron chi connectivity index (χ2n) is 0. The minimum atomic E-state index is 0. The maximum Gasteiger partial charge on any atom is -0.0776 e. The Labute approximate surface area is 40.4 Å². The van der Waals surface area contributed by atoms with Crippen LogP contribution in [-0.4, -0.2) is 0 Å². The van der Waals surface area contributed by atoms with E-state index in [1.165, 1.54) is 0 Å². The molecule has 0 rings (SSSR count). The molecule has 0 saturated carbocycles. The standard InChI is InChI=1S/2CH4.2ClH/h2*1H4;2*1H/p-1. The van der Waals surface area contributed by atoms with Crippen LogP contribution in [0.25, 0.3) is 0 Å². The van der Waals surface area contributed by atoms with E-state index in [0.717, 1.165) is 0 Å². The van der Waals surface area contributed by atoms with Crippen LogP contribution in [-0.2, 0) is 0 Å². The highest BCUT2D eigenvalue weighted by molar-refractivity contribution is 5.85. The maximum atomic E-state index is 0. The summed E-state index contributed by atoms with van der Waals surface area (Å²) in [6.07, 6.45) is 0. The highest BCUT2D eigenvalue weighted by Gasteiger charge is -0.0765. The lowest BCUT2D eigenvalue weighted by Gasteiger charge is -1.00. The van der Waals surface area contributed by atoms with Gasteiger partial charge in [-0.15, -0.1) is 12.4 Å².